The topological polar surface area (TPSA) is 33.5 Å². The highest BCUT2D eigenvalue weighted by molar-refractivity contribution is 5.81. The van der Waals surface area contributed by atoms with Crippen LogP contribution >= 0.6 is 0 Å². The highest BCUT2D eigenvalue weighted by Crippen LogP contribution is 2.29. The van der Waals surface area contributed by atoms with Crippen LogP contribution in [0.2, 0.25) is 0 Å². The average Bonchev–Trinajstić information content (AvgIpc) is 3.06. The molecule has 1 aromatic heterocycles. The minimum atomic E-state index is -0.260. The molecule has 3 heteroatoms. The summed E-state index contributed by atoms with van der Waals surface area (Å²) in [6, 6.07) is 16.5. The van der Waals surface area contributed by atoms with E-state index in [4.69, 9.17) is 4.42 Å². The minimum Gasteiger partial charge on any atom is -0.423 e. The Labute approximate surface area is 147 Å². The van der Waals surface area contributed by atoms with Crippen LogP contribution in [0.3, 0.4) is 0 Å². The zero-order valence-corrected chi connectivity index (χ0v) is 14.8. The molecule has 2 aromatic carbocycles. The molecule has 1 aliphatic rings. The van der Waals surface area contributed by atoms with Crippen molar-refractivity contribution in [3.63, 3.8) is 0 Å². The van der Waals surface area contributed by atoms with E-state index >= 15 is 0 Å². The normalized spacial score (nSPS) is 18.1. The number of benzene rings is 2. The van der Waals surface area contributed by atoms with E-state index in [2.05, 4.69) is 48.2 Å². The first-order valence-electron chi connectivity index (χ1n) is 8.91. The number of hydrogen-bond donors (Lipinski definition) is 0. The highest BCUT2D eigenvalue weighted by atomic mass is 16.4. The fourth-order valence-electron chi connectivity index (χ4n) is 3.83. The lowest BCUT2D eigenvalue weighted by atomic mass is 9.99. The summed E-state index contributed by atoms with van der Waals surface area (Å²) >= 11 is 0. The van der Waals surface area contributed by atoms with Gasteiger partial charge in [-0.3, -0.25) is 4.90 Å². The molecule has 3 aromatic rings. The molecular weight excluding hydrogens is 310 g/mol. The van der Waals surface area contributed by atoms with Gasteiger partial charge in [0.25, 0.3) is 0 Å². The zero-order chi connectivity index (χ0) is 17.4. The number of likely N-dealkylation sites (tertiary alicyclic amines) is 1. The molecule has 0 saturated carbocycles. The van der Waals surface area contributed by atoms with Crippen LogP contribution in [0.5, 0.6) is 0 Å². The molecule has 1 aliphatic heterocycles. The summed E-state index contributed by atoms with van der Waals surface area (Å²) in [5.74, 6) is 0.580. The Morgan fingerprint density at radius 1 is 1.08 bits per heavy atom. The van der Waals surface area contributed by atoms with Gasteiger partial charge in [0.05, 0.1) is 0 Å². The van der Waals surface area contributed by atoms with Gasteiger partial charge in [0.15, 0.2) is 0 Å². The smallest absolute Gasteiger partial charge is 0.336 e. The lowest BCUT2D eigenvalue weighted by molar-refractivity contribution is 0.327. The summed E-state index contributed by atoms with van der Waals surface area (Å²) in [5, 5.41) is 1.06. The van der Waals surface area contributed by atoms with Crippen LogP contribution in [0.15, 0.2) is 57.7 Å². The summed E-state index contributed by atoms with van der Waals surface area (Å²) in [7, 11) is 0. The molecule has 1 saturated heterocycles. The molecule has 25 heavy (non-hydrogen) atoms. The molecule has 4 rings (SSSR count). The third kappa shape index (κ3) is 3.24. The molecule has 0 unspecified atom stereocenters. The molecule has 3 nitrogen and oxygen atoms in total. The van der Waals surface area contributed by atoms with E-state index < -0.39 is 0 Å². The summed E-state index contributed by atoms with van der Waals surface area (Å²) < 4.78 is 5.42. The van der Waals surface area contributed by atoms with Gasteiger partial charge < -0.3 is 4.42 Å². The standard InChI is InChI=1S/C22H23NO2/c1-15-10-20-19(12-22(24)25-21(20)11-16(15)2)14-23-9-8-18(13-23)17-6-4-3-5-7-17/h3-7,10-12,18H,8-9,13-14H2,1-2H3/t18-/m1/s1. The van der Waals surface area contributed by atoms with Gasteiger partial charge in [-0.1, -0.05) is 30.3 Å². The first kappa shape index (κ1) is 16.1. The predicted octanol–water partition coefficient (Wildman–Crippen LogP) is 4.40. The molecule has 1 atom stereocenters. The first-order valence-corrected chi connectivity index (χ1v) is 8.91. The van der Waals surface area contributed by atoms with Crippen molar-refractivity contribution in [3.8, 4) is 0 Å². The minimum absolute atomic E-state index is 0.260. The van der Waals surface area contributed by atoms with E-state index in [9.17, 15) is 4.79 Å². The second-order valence-corrected chi connectivity index (χ2v) is 7.15. The first-order chi connectivity index (χ1) is 12.1. The molecule has 0 amide bonds. The zero-order valence-electron chi connectivity index (χ0n) is 14.8. The average molecular weight is 333 g/mol. The Hall–Kier alpha value is -2.39. The van der Waals surface area contributed by atoms with Crippen molar-refractivity contribution in [1.29, 1.82) is 0 Å². The summed E-state index contributed by atoms with van der Waals surface area (Å²) in [6.07, 6.45) is 1.17. The number of rotatable bonds is 3. The van der Waals surface area contributed by atoms with Crippen LogP contribution in [-0.4, -0.2) is 18.0 Å². The van der Waals surface area contributed by atoms with Gasteiger partial charge in [0, 0.05) is 24.5 Å². The molecule has 128 valence electrons. The van der Waals surface area contributed by atoms with Crippen molar-refractivity contribution in [2.75, 3.05) is 13.1 Å². The van der Waals surface area contributed by atoms with Gasteiger partial charge in [0.2, 0.25) is 0 Å². The highest BCUT2D eigenvalue weighted by Gasteiger charge is 2.24. The summed E-state index contributed by atoms with van der Waals surface area (Å²) in [4.78, 5) is 14.4. The van der Waals surface area contributed by atoms with Crippen LogP contribution in [0.1, 0.15) is 34.6 Å². The van der Waals surface area contributed by atoms with E-state index in [0.29, 0.717) is 11.5 Å². The summed E-state index contributed by atoms with van der Waals surface area (Å²) in [6.45, 7) is 7.05. The Bertz CT molecular complexity index is 959. The van der Waals surface area contributed by atoms with Crippen molar-refractivity contribution < 1.29 is 4.42 Å². The molecule has 2 heterocycles. The van der Waals surface area contributed by atoms with E-state index in [1.807, 2.05) is 13.0 Å². The van der Waals surface area contributed by atoms with E-state index in [-0.39, 0.29) is 5.63 Å². The quantitative estimate of drug-likeness (QED) is 0.666. The van der Waals surface area contributed by atoms with Crippen molar-refractivity contribution in [2.45, 2.75) is 32.7 Å². The van der Waals surface area contributed by atoms with Crippen LogP contribution in [-0.2, 0) is 6.54 Å². The Morgan fingerprint density at radius 2 is 1.84 bits per heavy atom. The van der Waals surface area contributed by atoms with Crippen molar-refractivity contribution in [2.24, 2.45) is 0 Å². The Morgan fingerprint density at radius 3 is 2.64 bits per heavy atom. The van der Waals surface area contributed by atoms with Gasteiger partial charge in [-0.05, 0) is 67.1 Å². The van der Waals surface area contributed by atoms with Gasteiger partial charge in [-0.15, -0.1) is 0 Å². The molecule has 1 fully saturated rings. The predicted molar refractivity (Wildman–Crippen MR) is 101 cm³/mol. The second-order valence-electron chi connectivity index (χ2n) is 7.15. The van der Waals surface area contributed by atoms with Crippen LogP contribution in [0, 0.1) is 13.8 Å². The lowest BCUT2D eigenvalue weighted by Crippen LogP contribution is -2.20. The van der Waals surface area contributed by atoms with E-state index in [1.165, 1.54) is 17.5 Å². The van der Waals surface area contributed by atoms with Gasteiger partial charge in [-0.25, -0.2) is 4.79 Å². The van der Waals surface area contributed by atoms with Crippen molar-refractivity contribution >= 4 is 11.0 Å². The lowest BCUT2D eigenvalue weighted by Gasteiger charge is -2.17. The molecule has 0 bridgehead atoms. The van der Waals surface area contributed by atoms with Crippen LogP contribution in [0.25, 0.3) is 11.0 Å². The SMILES string of the molecule is Cc1cc2oc(=O)cc(CN3CC[C@@H](c4ccccc4)C3)c2cc1C. The summed E-state index contributed by atoms with van der Waals surface area (Å²) in [5.41, 5.74) is 5.30. The Kier molecular flexibility index (Phi) is 4.18. The molecule has 0 aliphatic carbocycles. The van der Waals surface area contributed by atoms with Gasteiger partial charge in [-0.2, -0.15) is 0 Å². The fraction of sp³-hybridized carbons (Fsp3) is 0.318. The van der Waals surface area contributed by atoms with Crippen LogP contribution in [0.4, 0.5) is 0 Å². The number of aryl methyl sites for hydroxylation is 2. The number of fused-ring (bicyclic) bond motifs is 1. The maximum absolute atomic E-state index is 12.0. The maximum Gasteiger partial charge on any atom is 0.336 e. The third-order valence-corrected chi connectivity index (χ3v) is 5.38. The molecule has 0 radical (unpaired) electrons. The molecule has 0 N–H and O–H groups in total. The third-order valence-electron chi connectivity index (χ3n) is 5.38. The van der Waals surface area contributed by atoms with Crippen molar-refractivity contribution in [1.82, 2.24) is 4.90 Å². The Balaban J connectivity index is 1.61. The van der Waals surface area contributed by atoms with E-state index in [1.54, 1.807) is 6.07 Å². The molecular formula is C22H23NO2. The maximum atomic E-state index is 12.0. The fourth-order valence-corrected chi connectivity index (χ4v) is 3.83. The van der Waals surface area contributed by atoms with E-state index in [0.717, 1.165) is 36.1 Å². The van der Waals surface area contributed by atoms with Crippen molar-refractivity contribution in [3.05, 3.63) is 81.2 Å². The number of hydrogen-bond acceptors (Lipinski definition) is 3. The van der Waals surface area contributed by atoms with Crippen LogP contribution < -0.4 is 5.63 Å². The second kappa shape index (κ2) is 6.49. The number of nitrogens with zero attached hydrogens (tertiary/aromatic N) is 1. The largest absolute Gasteiger partial charge is 0.423 e. The molecule has 0 spiro atoms. The monoisotopic (exact) mass is 333 g/mol. The van der Waals surface area contributed by atoms with Gasteiger partial charge in [0.1, 0.15) is 5.58 Å². The van der Waals surface area contributed by atoms with Gasteiger partial charge >= 0.3 is 5.63 Å².